The Kier molecular flexibility index (Phi) is 4.10. The first kappa shape index (κ1) is 9.75. The van der Waals surface area contributed by atoms with Crippen LogP contribution >= 0.6 is 23.5 Å². The van der Waals surface area contributed by atoms with Crippen LogP contribution in [0.15, 0.2) is 0 Å². The Hall–Kier alpha value is 0.660. The maximum Gasteiger partial charge on any atom is 0.0533 e. The average molecular weight is 191 g/mol. The van der Waals surface area contributed by atoms with Gasteiger partial charge >= 0.3 is 0 Å². The van der Waals surface area contributed by atoms with E-state index in [1.807, 2.05) is 0 Å². The van der Waals surface area contributed by atoms with Crippen LogP contribution in [0.4, 0.5) is 0 Å². The van der Waals surface area contributed by atoms with Gasteiger partial charge in [-0.15, -0.1) is 23.5 Å². The number of hydrogen-bond donors (Lipinski definition) is 1. The first-order valence-electron chi connectivity index (χ1n) is 4.29. The van der Waals surface area contributed by atoms with E-state index in [2.05, 4.69) is 49.6 Å². The molecule has 0 aromatic heterocycles. The van der Waals surface area contributed by atoms with Crippen molar-refractivity contribution < 1.29 is 0 Å². The predicted octanol–water partition coefficient (Wildman–Crippen LogP) is 2.87. The Bertz CT molecular complexity index is 109. The van der Waals surface area contributed by atoms with Gasteiger partial charge in [0.2, 0.25) is 0 Å². The molecule has 3 heteroatoms. The van der Waals surface area contributed by atoms with Gasteiger partial charge in [0.1, 0.15) is 0 Å². The van der Waals surface area contributed by atoms with Crippen molar-refractivity contribution in [1.82, 2.24) is 5.32 Å². The lowest BCUT2D eigenvalue weighted by Gasteiger charge is -2.31. The summed E-state index contributed by atoms with van der Waals surface area (Å²) in [5, 5.41) is 4.78. The van der Waals surface area contributed by atoms with Crippen molar-refractivity contribution in [3.8, 4) is 0 Å². The van der Waals surface area contributed by atoms with E-state index >= 15 is 0 Å². The van der Waals surface area contributed by atoms with Crippen LogP contribution in [0.2, 0.25) is 0 Å². The molecular weight excluding hydrogens is 174 g/mol. The summed E-state index contributed by atoms with van der Waals surface area (Å²) in [6.07, 6.45) is 2.66. The molecule has 1 saturated heterocycles. The summed E-state index contributed by atoms with van der Waals surface area (Å²) in [5.74, 6) is 0. The van der Waals surface area contributed by atoms with E-state index in [4.69, 9.17) is 0 Å². The Morgan fingerprint density at radius 3 is 2.18 bits per heavy atom. The molecular formula is C8H17NS2. The fourth-order valence-electron chi connectivity index (χ4n) is 1.27. The van der Waals surface area contributed by atoms with Gasteiger partial charge in [0.25, 0.3) is 0 Å². The molecule has 0 saturated carbocycles. The minimum Gasteiger partial charge on any atom is -0.294 e. The van der Waals surface area contributed by atoms with Gasteiger partial charge in [-0.25, -0.2) is 0 Å². The van der Waals surface area contributed by atoms with Crippen LogP contribution in [-0.2, 0) is 0 Å². The smallest absolute Gasteiger partial charge is 0.0533 e. The zero-order valence-corrected chi connectivity index (χ0v) is 9.10. The highest BCUT2D eigenvalue weighted by atomic mass is 32.2. The summed E-state index contributed by atoms with van der Waals surface area (Å²) in [5.41, 5.74) is 0. The van der Waals surface area contributed by atoms with Gasteiger partial charge in [-0.1, -0.05) is 13.3 Å². The summed E-state index contributed by atoms with van der Waals surface area (Å²) >= 11 is 4.13. The van der Waals surface area contributed by atoms with Crippen molar-refractivity contribution in [1.29, 1.82) is 0 Å². The highest BCUT2D eigenvalue weighted by molar-refractivity contribution is 8.18. The molecule has 1 fully saturated rings. The standard InChI is InChI=1S/C8H17NS2/c1-4-5-8-10-6(2)9-7(3)11-8/h6-9H,4-5H2,1-3H3. The van der Waals surface area contributed by atoms with Crippen LogP contribution in [0.1, 0.15) is 33.6 Å². The Morgan fingerprint density at radius 1 is 1.18 bits per heavy atom. The van der Waals surface area contributed by atoms with E-state index in [1.165, 1.54) is 12.8 Å². The van der Waals surface area contributed by atoms with Crippen LogP contribution in [0.25, 0.3) is 0 Å². The van der Waals surface area contributed by atoms with Gasteiger partial charge in [0, 0.05) is 0 Å². The second-order valence-electron chi connectivity index (χ2n) is 2.94. The van der Waals surface area contributed by atoms with Gasteiger partial charge in [0.15, 0.2) is 0 Å². The molecule has 1 nitrogen and oxygen atoms in total. The SMILES string of the molecule is CCCC1SC(C)NC(C)S1. The average Bonchev–Trinajstić information content (AvgIpc) is 1.85. The van der Waals surface area contributed by atoms with Crippen LogP contribution in [0, 0.1) is 0 Å². The monoisotopic (exact) mass is 191 g/mol. The molecule has 1 aliphatic rings. The van der Waals surface area contributed by atoms with Gasteiger partial charge in [-0.2, -0.15) is 0 Å². The van der Waals surface area contributed by atoms with Crippen LogP contribution < -0.4 is 5.32 Å². The van der Waals surface area contributed by atoms with Crippen molar-refractivity contribution >= 4 is 23.5 Å². The van der Waals surface area contributed by atoms with Gasteiger partial charge in [-0.05, 0) is 20.3 Å². The maximum atomic E-state index is 3.49. The van der Waals surface area contributed by atoms with Gasteiger partial charge < -0.3 is 0 Å². The summed E-state index contributed by atoms with van der Waals surface area (Å²) in [6.45, 7) is 6.77. The van der Waals surface area contributed by atoms with Crippen molar-refractivity contribution in [2.75, 3.05) is 0 Å². The van der Waals surface area contributed by atoms with Crippen molar-refractivity contribution in [3.05, 3.63) is 0 Å². The lowest BCUT2D eigenvalue weighted by atomic mass is 10.4. The first-order valence-corrected chi connectivity index (χ1v) is 6.18. The minimum atomic E-state index is 0.641. The fourth-order valence-corrected chi connectivity index (χ4v) is 4.83. The first-order chi connectivity index (χ1) is 5.22. The van der Waals surface area contributed by atoms with Gasteiger partial charge in [0.05, 0.1) is 15.3 Å². The second-order valence-corrected chi connectivity index (χ2v) is 6.34. The van der Waals surface area contributed by atoms with Crippen LogP contribution in [0.3, 0.4) is 0 Å². The molecule has 1 aliphatic heterocycles. The summed E-state index contributed by atoms with van der Waals surface area (Å²) in [4.78, 5) is 0. The number of hydrogen-bond acceptors (Lipinski definition) is 3. The Balaban J connectivity index is 2.30. The zero-order chi connectivity index (χ0) is 8.27. The van der Waals surface area contributed by atoms with E-state index < -0.39 is 0 Å². The predicted molar refractivity (Wildman–Crippen MR) is 55.9 cm³/mol. The molecule has 0 amide bonds. The van der Waals surface area contributed by atoms with E-state index in [1.54, 1.807) is 0 Å². The van der Waals surface area contributed by atoms with Crippen molar-refractivity contribution in [3.63, 3.8) is 0 Å². The van der Waals surface area contributed by atoms with E-state index in [9.17, 15) is 0 Å². The molecule has 0 aliphatic carbocycles. The topological polar surface area (TPSA) is 12.0 Å². The summed E-state index contributed by atoms with van der Waals surface area (Å²) < 4.78 is 0.825. The number of rotatable bonds is 2. The normalized spacial score (nSPS) is 39.0. The van der Waals surface area contributed by atoms with Crippen LogP contribution in [-0.4, -0.2) is 15.3 Å². The summed E-state index contributed by atoms with van der Waals surface area (Å²) in [6, 6.07) is 0. The number of thioether (sulfide) groups is 2. The second kappa shape index (κ2) is 4.63. The molecule has 1 N–H and O–H groups in total. The third-order valence-corrected chi connectivity index (χ3v) is 4.54. The van der Waals surface area contributed by atoms with E-state index in [-0.39, 0.29) is 0 Å². The Labute approximate surface area is 78.1 Å². The quantitative estimate of drug-likeness (QED) is 0.721. The third-order valence-electron chi connectivity index (χ3n) is 1.71. The van der Waals surface area contributed by atoms with E-state index in [0.717, 1.165) is 4.58 Å². The molecule has 66 valence electrons. The zero-order valence-electron chi connectivity index (χ0n) is 7.46. The fraction of sp³-hybridized carbons (Fsp3) is 1.00. The number of nitrogens with one attached hydrogen (secondary N) is 1. The Morgan fingerprint density at radius 2 is 1.73 bits per heavy atom. The molecule has 0 bridgehead atoms. The van der Waals surface area contributed by atoms with Crippen molar-refractivity contribution in [2.24, 2.45) is 0 Å². The molecule has 0 radical (unpaired) electrons. The van der Waals surface area contributed by atoms with Crippen molar-refractivity contribution in [2.45, 2.75) is 48.9 Å². The van der Waals surface area contributed by atoms with Crippen LogP contribution in [0.5, 0.6) is 0 Å². The lowest BCUT2D eigenvalue weighted by Crippen LogP contribution is -2.36. The molecule has 11 heavy (non-hydrogen) atoms. The van der Waals surface area contributed by atoms with E-state index in [0.29, 0.717) is 10.7 Å². The van der Waals surface area contributed by atoms with Gasteiger partial charge in [-0.3, -0.25) is 5.32 Å². The molecule has 1 rings (SSSR count). The molecule has 2 atom stereocenters. The molecule has 0 aromatic rings. The molecule has 2 unspecified atom stereocenters. The molecule has 1 heterocycles. The maximum absolute atomic E-state index is 3.49. The highest BCUT2D eigenvalue weighted by Gasteiger charge is 2.22. The molecule has 0 aromatic carbocycles. The largest absolute Gasteiger partial charge is 0.294 e. The minimum absolute atomic E-state index is 0.641. The lowest BCUT2D eigenvalue weighted by molar-refractivity contribution is 0.667. The molecule has 0 spiro atoms. The third kappa shape index (κ3) is 3.26. The highest BCUT2D eigenvalue weighted by Crippen LogP contribution is 2.36. The summed E-state index contributed by atoms with van der Waals surface area (Å²) in [7, 11) is 0.